The summed E-state index contributed by atoms with van der Waals surface area (Å²) in [6.07, 6.45) is 2.21. The Morgan fingerprint density at radius 1 is 1.73 bits per heavy atom. The highest BCUT2D eigenvalue weighted by atomic mass is 35.5. The molecule has 0 aliphatic rings. The number of hydrogen-bond donors (Lipinski definition) is 2. The number of pyridine rings is 1. The van der Waals surface area contributed by atoms with Gasteiger partial charge in [0, 0.05) is 17.1 Å². The first-order valence-electron chi connectivity index (χ1n) is 4.76. The van der Waals surface area contributed by atoms with Gasteiger partial charge in [-0.15, -0.1) is 0 Å². The normalized spacial score (nSPS) is 12.2. The van der Waals surface area contributed by atoms with Crippen LogP contribution < -0.4 is 11.1 Å². The van der Waals surface area contributed by atoms with Crippen molar-refractivity contribution in [3.8, 4) is 0 Å². The molecule has 1 aromatic heterocycles. The molecule has 1 unspecified atom stereocenters. The lowest BCUT2D eigenvalue weighted by molar-refractivity contribution is -0.119. The van der Waals surface area contributed by atoms with Gasteiger partial charge in [0.1, 0.15) is 5.82 Å². The van der Waals surface area contributed by atoms with Gasteiger partial charge in [-0.3, -0.25) is 4.79 Å². The van der Waals surface area contributed by atoms with Crippen LogP contribution in [0.1, 0.15) is 13.3 Å². The summed E-state index contributed by atoms with van der Waals surface area (Å²) < 4.78 is 0. The number of rotatable bonds is 4. The molecule has 82 valence electrons. The number of carbonyl (C=O) groups is 1. The minimum Gasteiger partial charge on any atom is -0.330 e. The Hall–Kier alpha value is -1.13. The molecule has 1 aromatic rings. The Morgan fingerprint density at radius 2 is 2.47 bits per heavy atom. The van der Waals surface area contributed by atoms with Crippen molar-refractivity contribution in [1.29, 1.82) is 0 Å². The fraction of sp³-hybridized carbons (Fsp3) is 0.400. The van der Waals surface area contributed by atoms with E-state index in [4.69, 9.17) is 17.3 Å². The number of amides is 1. The van der Waals surface area contributed by atoms with Gasteiger partial charge >= 0.3 is 0 Å². The number of aromatic nitrogens is 1. The number of anilines is 1. The molecule has 0 aliphatic carbocycles. The zero-order valence-electron chi connectivity index (χ0n) is 8.53. The molecule has 4 nitrogen and oxygen atoms in total. The molecule has 0 radical (unpaired) electrons. The first-order chi connectivity index (χ1) is 7.13. The van der Waals surface area contributed by atoms with Crippen LogP contribution in [0.15, 0.2) is 18.3 Å². The highest BCUT2D eigenvalue weighted by molar-refractivity contribution is 6.30. The highest BCUT2D eigenvalue weighted by Crippen LogP contribution is 2.13. The molecule has 1 heterocycles. The van der Waals surface area contributed by atoms with Crippen molar-refractivity contribution in [1.82, 2.24) is 4.98 Å². The van der Waals surface area contributed by atoms with Crippen molar-refractivity contribution in [2.24, 2.45) is 11.7 Å². The van der Waals surface area contributed by atoms with Crippen LogP contribution in [0.5, 0.6) is 0 Å². The van der Waals surface area contributed by atoms with E-state index in [0.29, 0.717) is 23.8 Å². The minimum absolute atomic E-state index is 0.0878. The standard InChI is InChI=1S/C10H14ClN3O/c1-7(2-4-12)10(15)14-9-6-8(11)3-5-13-9/h3,5-7H,2,4,12H2,1H3,(H,13,14,15). The third-order valence-corrected chi connectivity index (χ3v) is 2.26. The van der Waals surface area contributed by atoms with Crippen LogP contribution in [0.2, 0.25) is 5.02 Å². The average Bonchev–Trinajstić information content (AvgIpc) is 2.18. The lowest BCUT2D eigenvalue weighted by Gasteiger charge is -2.10. The quantitative estimate of drug-likeness (QED) is 0.822. The van der Waals surface area contributed by atoms with E-state index in [1.807, 2.05) is 6.92 Å². The van der Waals surface area contributed by atoms with E-state index in [9.17, 15) is 4.79 Å². The summed E-state index contributed by atoms with van der Waals surface area (Å²) in [5, 5.41) is 3.23. The Labute approximate surface area is 93.8 Å². The van der Waals surface area contributed by atoms with Gasteiger partial charge in [0.15, 0.2) is 0 Å². The molecule has 0 fully saturated rings. The summed E-state index contributed by atoms with van der Waals surface area (Å²) in [5.41, 5.74) is 5.37. The topological polar surface area (TPSA) is 68.0 Å². The first kappa shape index (κ1) is 11.9. The maximum Gasteiger partial charge on any atom is 0.228 e. The lowest BCUT2D eigenvalue weighted by Crippen LogP contribution is -2.23. The van der Waals surface area contributed by atoms with Gasteiger partial charge in [0.05, 0.1) is 0 Å². The van der Waals surface area contributed by atoms with Crippen LogP contribution in [0.3, 0.4) is 0 Å². The first-order valence-corrected chi connectivity index (χ1v) is 5.13. The van der Waals surface area contributed by atoms with E-state index in [-0.39, 0.29) is 11.8 Å². The smallest absolute Gasteiger partial charge is 0.228 e. The van der Waals surface area contributed by atoms with Crippen molar-refractivity contribution in [2.75, 3.05) is 11.9 Å². The molecule has 0 aromatic carbocycles. The number of nitrogens with one attached hydrogen (secondary N) is 1. The van der Waals surface area contributed by atoms with Gasteiger partial charge in [-0.05, 0) is 25.1 Å². The minimum atomic E-state index is -0.115. The molecule has 1 atom stereocenters. The van der Waals surface area contributed by atoms with Crippen molar-refractivity contribution in [2.45, 2.75) is 13.3 Å². The molecule has 0 aliphatic heterocycles. The average molecular weight is 228 g/mol. The summed E-state index contributed by atoms with van der Waals surface area (Å²) in [6, 6.07) is 3.26. The monoisotopic (exact) mass is 227 g/mol. The molecule has 0 saturated heterocycles. The Morgan fingerprint density at radius 3 is 3.07 bits per heavy atom. The molecule has 5 heteroatoms. The van der Waals surface area contributed by atoms with E-state index < -0.39 is 0 Å². The number of halogens is 1. The molecule has 1 amide bonds. The summed E-state index contributed by atoms with van der Waals surface area (Å²) in [7, 11) is 0. The number of nitrogens with zero attached hydrogens (tertiary/aromatic N) is 1. The molecule has 0 spiro atoms. The largest absolute Gasteiger partial charge is 0.330 e. The lowest BCUT2D eigenvalue weighted by atomic mass is 10.1. The third-order valence-electron chi connectivity index (χ3n) is 2.02. The summed E-state index contributed by atoms with van der Waals surface area (Å²) in [6.45, 7) is 2.32. The third kappa shape index (κ3) is 3.85. The summed E-state index contributed by atoms with van der Waals surface area (Å²) in [4.78, 5) is 15.5. The van der Waals surface area contributed by atoms with E-state index >= 15 is 0 Å². The second-order valence-electron chi connectivity index (χ2n) is 3.33. The zero-order chi connectivity index (χ0) is 11.3. The van der Waals surface area contributed by atoms with E-state index in [2.05, 4.69) is 10.3 Å². The van der Waals surface area contributed by atoms with Crippen molar-refractivity contribution >= 4 is 23.3 Å². The predicted molar refractivity (Wildman–Crippen MR) is 60.7 cm³/mol. The van der Waals surface area contributed by atoms with Gasteiger partial charge in [-0.2, -0.15) is 0 Å². The Balaban J connectivity index is 2.58. The zero-order valence-corrected chi connectivity index (χ0v) is 9.29. The second-order valence-corrected chi connectivity index (χ2v) is 3.76. The van der Waals surface area contributed by atoms with E-state index in [1.54, 1.807) is 18.3 Å². The molecule has 1 rings (SSSR count). The SMILES string of the molecule is CC(CCN)C(=O)Nc1cc(Cl)ccn1. The Kier molecular flexibility index (Phi) is 4.52. The van der Waals surface area contributed by atoms with Crippen LogP contribution in [-0.4, -0.2) is 17.4 Å². The fourth-order valence-corrected chi connectivity index (χ4v) is 1.26. The molecular weight excluding hydrogens is 214 g/mol. The van der Waals surface area contributed by atoms with Crippen molar-refractivity contribution < 1.29 is 4.79 Å². The maximum atomic E-state index is 11.6. The van der Waals surface area contributed by atoms with Crippen molar-refractivity contribution in [3.63, 3.8) is 0 Å². The fourth-order valence-electron chi connectivity index (χ4n) is 1.10. The van der Waals surface area contributed by atoms with Crippen LogP contribution in [0.4, 0.5) is 5.82 Å². The Bertz CT molecular complexity index is 343. The van der Waals surface area contributed by atoms with E-state index in [1.165, 1.54) is 0 Å². The summed E-state index contributed by atoms with van der Waals surface area (Å²) >= 11 is 5.76. The van der Waals surface area contributed by atoms with Crippen molar-refractivity contribution in [3.05, 3.63) is 23.4 Å². The van der Waals surface area contributed by atoms with Crippen LogP contribution >= 0.6 is 11.6 Å². The second kappa shape index (κ2) is 5.68. The van der Waals surface area contributed by atoms with Gasteiger partial charge in [0.25, 0.3) is 0 Å². The predicted octanol–water partition coefficient (Wildman–Crippen LogP) is 1.66. The van der Waals surface area contributed by atoms with Gasteiger partial charge in [0.2, 0.25) is 5.91 Å². The van der Waals surface area contributed by atoms with Gasteiger partial charge in [-0.25, -0.2) is 4.98 Å². The van der Waals surface area contributed by atoms with Gasteiger partial charge in [-0.1, -0.05) is 18.5 Å². The van der Waals surface area contributed by atoms with Crippen LogP contribution in [-0.2, 0) is 4.79 Å². The maximum absolute atomic E-state index is 11.6. The summed E-state index contributed by atoms with van der Waals surface area (Å²) in [5.74, 6) is 0.266. The number of nitrogens with two attached hydrogens (primary N) is 1. The molecule has 0 bridgehead atoms. The molecule has 3 N–H and O–H groups in total. The molecule has 0 saturated carbocycles. The van der Waals surface area contributed by atoms with Crippen LogP contribution in [0, 0.1) is 5.92 Å². The number of hydrogen-bond acceptors (Lipinski definition) is 3. The number of carbonyl (C=O) groups excluding carboxylic acids is 1. The van der Waals surface area contributed by atoms with E-state index in [0.717, 1.165) is 0 Å². The van der Waals surface area contributed by atoms with Gasteiger partial charge < -0.3 is 11.1 Å². The highest BCUT2D eigenvalue weighted by Gasteiger charge is 2.12. The molecule has 15 heavy (non-hydrogen) atoms. The molecular formula is C10H14ClN3O. The van der Waals surface area contributed by atoms with Crippen LogP contribution in [0.25, 0.3) is 0 Å².